The maximum absolute atomic E-state index is 10.3. The van der Waals surface area contributed by atoms with Crippen LogP contribution in [0.5, 0.6) is 0 Å². The van der Waals surface area contributed by atoms with E-state index in [-0.39, 0.29) is 0 Å². The summed E-state index contributed by atoms with van der Waals surface area (Å²) in [6.07, 6.45) is 6.75. The fourth-order valence-electron chi connectivity index (χ4n) is 0.946. The molecule has 1 aliphatic carbocycles. The molecule has 0 saturated carbocycles. The van der Waals surface area contributed by atoms with E-state index in [0.717, 1.165) is 25.4 Å². The summed E-state index contributed by atoms with van der Waals surface area (Å²) in [5.41, 5.74) is 1.06. The Bertz CT molecular complexity index is 187. The van der Waals surface area contributed by atoms with Crippen LogP contribution in [0, 0.1) is 0 Å². The fraction of sp³-hybridized carbons (Fsp3) is 0.250. The average molecular weight is 136 g/mol. The SMILES string of the molecule is O=CC1=CCCC=C1C=O. The van der Waals surface area contributed by atoms with Crippen molar-refractivity contribution in [1.29, 1.82) is 0 Å². The molecule has 0 fully saturated rings. The number of carbonyl (C=O) groups excluding carboxylic acids is 2. The Kier molecular flexibility index (Phi) is 2.15. The minimum atomic E-state index is 0.529. The van der Waals surface area contributed by atoms with Crippen molar-refractivity contribution in [3.63, 3.8) is 0 Å². The van der Waals surface area contributed by atoms with Gasteiger partial charge in [0.05, 0.1) is 0 Å². The highest BCUT2D eigenvalue weighted by Crippen LogP contribution is 2.14. The van der Waals surface area contributed by atoms with Crippen LogP contribution in [-0.2, 0) is 9.59 Å². The third-order valence-corrected chi connectivity index (χ3v) is 1.48. The first-order chi connectivity index (χ1) is 4.88. The van der Waals surface area contributed by atoms with E-state index < -0.39 is 0 Å². The van der Waals surface area contributed by atoms with Crippen molar-refractivity contribution in [1.82, 2.24) is 0 Å². The van der Waals surface area contributed by atoms with E-state index in [1.807, 2.05) is 0 Å². The Labute approximate surface area is 59.2 Å². The zero-order chi connectivity index (χ0) is 7.40. The van der Waals surface area contributed by atoms with Crippen molar-refractivity contribution in [2.24, 2.45) is 0 Å². The van der Waals surface area contributed by atoms with E-state index >= 15 is 0 Å². The summed E-state index contributed by atoms with van der Waals surface area (Å²) in [7, 11) is 0. The zero-order valence-electron chi connectivity index (χ0n) is 5.54. The Morgan fingerprint density at radius 3 is 1.70 bits per heavy atom. The van der Waals surface area contributed by atoms with Gasteiger partial charge in [-0.1, -0.05) is 12.2 Å². The first-order valence-electron chi connectivity index (χ1n) is 3.19. The molecule has 1 rings (SSSR count). The number of aldehydes is 2. The first kappa shape index (κ1) is 6.93. The van der Waals surface area contributed by atoms with E-state index in [9.17, 15) is 9.59 Å². The third kappa shape index (κ3) is 1.21. The lowest BCUT2D eigenvalue weighted by molar-refractivity contribution is -0.107. The van der Waals surface area contributed by atoms with E-state index in [4.69, 9.17) is 0 Å². The van der Waals surface area contributed by atoms with Crippen molar-refractivity contribution < 1.29 is 9.59 Å². The molecule has 0 amide bonds. The molecule has 0 saturated heterocycles. The van der Waals surface area contributed by atoms with Crippen molar-refractivity contribution in [2.75, 3.05) is 0 Å². The Morgan fingerprint density at radius 1 is 1.00 bits per heavy atom. The van der Waals surface area contributed by atoms with Gasteiger partial charge < -0.3 is 0 Å². The van der Waals surface area contributed by atoms with Gasteiger partial charge in [-0.25, -0.2) is 0 Å². The zero-order valence-corrected chi connectivity index (χ0v) is 5.54. The summed E-state index contributed by atoms with van der Waals surface area (Å²) in [4.78, 5) is 20.5. The fourth-order valence-corrected chi connectivity index (χ4v) is 0.946. The molecule has 0 aromatic carbocycles. The smallest absolute Gasteiger partial charge is 0.150 e. The summed E-state index contributed by atoms with van der Waals surface area (Å²) in [5, 5.41) is 0. The quantitative estimate of drug-likeness (QED) is 0.531. The van der Waals surface area contributed by atoms with Crippen LogP contribution in [0.4, 0.5) is 0 Å². The van der Waals surface area contributed by atoms with Crippen LogP contribution in [0.3, 0.4) is 0 Å². The molecule has 0 spiro atoms. The highest BCUT2D eigenvalue weighted by molar-refractivity contribution is 5.94. The molecule has 0 heterocycles. The van der Waals surface area contributed by atoms with Gasteiger partial charge in [0.1, 0.15) is 12.6 Å². The number of rotatable bonds is 2. The van der Waals surface area contributed by atoms with E-state index in [2.05, 4.69) is 0 Å². The van der Waals surface area contributed by atoms with Gasteiger partial charge in [0.2, 0.25) is 0 Å². The van der Waals surface area contributed by atoms with Crippen LogP contribution in [0.25, 0.3) is 0 Å². The number of carbonyl (C=O) groups is 2. The van der Waals surface area contributed by atoms with Gasteiger partial charge in [-0.3, -0.25) is 9.59 Å². The number of hydrogen-bond donors (Lipinski definition) is 0. The van der Waals surface area contributed by atoms with Gasteiger partial charge in [-0.2, -0.15) is 0 Å². The topological polar surface area (TPSA) is 34.1 Å². The van der Waals surface area contributed by atoms with Crippen LogP contribution >= 0.6 is 0 Å². The standard InChI is InChI=1S/C8H8O2/c9-5-7-3-1-2-4-8(7)6-10/h3-6H,1-2H2. The molecular formula is C8H8O2. The maximum atomic E-state index is 10.3. The molecule has 0 atom stereocenters. The van der Waals surface area contributed by atoms with E-state index in [0.29, 0.717) is 11.1 Å². The maximum Gasteiger partial charge on any atom is 0.150 e. The lowest BCUT2D eigenvalue weighted by Gasteiger charge is -2.03. The molecule has 2 nitrogen and oxygen atoms in total. The van der Waals surface area contributed by atoms with Crippen LogP contribution in [0.15, 0.2) is 23.3 Å². The molecule has 0 aliphatic heterocycles. The average Bonchev–Trinajstić information content (AvgIpc) is 2.04. The summed E-state index contributed by atoms with van der Waals surface area (Å²) in [6, 6.07) is 0. The molecular weight excluding hydrogens is 128 g/mol. The second kappa shape index (κ2) is 3.11. The van der Waals surface area contributed by atoms with Gasteiger partial charge >= 0.3 is 0 Å². The Morgan fingerprint density at radius 2 is 1.40 bits per heavy atom. The predicted octanol–water partition coefficient (Wildman–Crippen LogP) is 1.03. The normalized spacial score (nSPS) is 17.2. The van der Waals surface area contributed by atoms with Crippen molar-refractivity contribution >= 4 is 12.6 Å². The molecule has 10 heavy (non-hydrogen) atoms. The van der Waals surface area contributed by atoms with E-state index in [1.165, 1.54) is 0 Å². The monoisotopic (exact) mass is 136 g/mol. The summed E-state index contributed by atoms with van der Waals surface area (Å²) < 4.78 is 0. The van der Waals surface area contributed by atoms with Gasteiger partial charge in [0, 0.05) is 11.1 Å². The number of allylic oxidation sites excluding steroid dienone is 4. The van der Waals surface area contributed by atoms with Gasteiger partial charge in [-0.05, 0) is 12.8 Å². The van der Waals surface area contributed by atoms with Gasteiger partial charge in [0.15, 0.2) is 0 Å². The molecule has 0 aromatic heterocycles. The molecule has 0 N–H and O–H groups in total. The van der Waals surface area contributed by atoms with Crippen molar-refractivity contribution in [3.05, 3.63) is 23.3 Å². The molecule has 2 heteroatoms. The highest BCUT2D eigenvalue weighted by Gasteiger charge is 2.05. The predicted molar refractivity (Wildman–Crippen MR) is 37.5 cm³/mol. The third-order valence-electron chi connectivity index (χ3n) is 1.48. The minimum Gasteiger partial charge on any atom is -0.298 e. The molecule has 0 radical (unpaired) electrons. The second-order valence-corrected chi connectivity index (χ2v) is 2.13. The summed E-state index contributed by atoms with van der Waals surface area (Å²) >= 11 is 0. The molecule has 0 bridgehead atoms. The van der Waals surface area contributed by atoms with Crippen LogP contribution < -0.4 is 0 Å². The first-order valence-corrected chi connectivity index (χ1v) is 3.19. The molecule has 52 valence electrons. The van der Waals surface area contributed by atoms with Crippen LogP contribution in [0.1, 0.15) is 12.8 Å². The van der Waals surface area contributed by atoms with Gasteiger partial charge in [0.25, 0.3) is 0 Å². The Hall–Kier alpha value is -1.18. The van der Waals surface area contributed by atoms with Crippen LogP contribution in [0.2, 0.25) is 0 Å². The van der Waals surface area contributed by atoms with Crippen molar-refractivity contribution in [2.45, 2.75) is 12.8 Å². The largest absolute Gasteiger partial charge is 0.298 e. The van der Waals surface area contributed by atoms with Gasteiger partial charge in [-0.15, -0.1) is 0 Å². The van der Waals surface area contributed by atoms with Crippen molar-refractivity contribution in [3.8, 4) is 0 Å². The Balaban J connectivity index is 2.86. The minimum absolute atomic E-state index is 0.529. The molecule has 0 unspecified atom stereocenters. The molecule has 1 aliphatic rings. The van der Waals surface area contributed by atoms with Crippen LogP contribution in [-0.4, -0.2) is 12.6 Å². The molecule has 0 aromatic rings. The lowest BCUT2D eigenvalue weighted by atomic mass is 10.0. The van der Waals surface area contributed by atoms with E-state index in [1.54, 1.807) is 12.2 Å². The summed E-state index contributed by atoms with van der Waals surface area (Å²) in [5.74, 6) is 0. The number of hydrogen-bond acceptors (Lipinski definition) is 2. The lowest BCUT2D eigenvalue weighted by Crippen LogP contribution is -1.96. The summed E-state index contributed by atoms with van der Waals surface area (Å²) in [6.45, 7) is 0. The second-order valence-electron chi connectivity index (χ2n) is 2.13. The highest BCUT2D eigenvalue weighted by atomic mass is 16.1.